The van der Waals surface area contributed by atoms with Crippen LogP contribution < -0.4 is 15.4 Å². The van der Waals surface area contributed by atoms with Crippen molar-refractivity contribution in [3.8, 4) is 11.5 Å². The standard InChI is InChI=1S/C27H26N2O5/c30-25(29-24-12-6-8-19-7-4-5-11-23(19)24)18-33-26(31)17-28-27(32)20-13-15-22(16-14-20)34-21-9-2-1-3-10-21/h1-5,7,9-11,13-16,24H,6,8,12,17-18H2,(H,28,32)(H,29,30)/t24-/m1/s1. The molecule has 0 fully saturated rings. The molecular weight excluding hydrogens is 432 g/mol. The highest BCUT2D eigenvalue weighted by Crippen LogP contribution is 2.29. The van der Waals surface area contributed by atoms with E-state index in [1.54, 1.807) is 24.3 Å². The van der Waals surface area contributed by atoms with E-state index in [9.17, 15) is 14.4 Å². The summed E-state index contributed by atoms with van der Waals surface area (Å²) >= 11 is 0. The highest BCUT2D eigenvalue weighted by atomic mass is 16.5. The number of para-hydroxylation sites is 1. The topological polar surface area (TPSA) is 93.7 Å². The Balaban J connectivity index is 1.19. The summed E-state index contributed by atoms with van der Waals surface area (Å²) in [6, 6.07) is 23.8. The maximum atomic E-state index is 12.3. The molecule has 7 nitrogen and oxygen atoms in total. The molecule has 0 saturated carbocycles. The molecule has 1 aliphatic carbocycles. The molecule has 34 heavy (non-hydrogen) atoms. The number of benzene rings is 3. The van der Waals surface area contributed by atoms with Crippen LogP contribution in [0.3, 0.4) is 0 Å². The number of nitrogens with one attached hydrogen (secondary N) is 2. The number of hydrogen-bond acceptors (Lipinski definition) is 5. The van der Waals surface area contributed by atoms with Crippen molar-refractivity contribution in [3.63, 3.8) is 0 Å². The summed E-state index contributed by atoms with van der Waals surface area (Å²) in [6.07, 6.45) is 2.84. The highest BCUT2D eigenvalue weighted by molar-refractivity contribution is 5.96. The van der Waals surface area contributed by atoms with Gasteiger partial charge in [0.25, 0.3) is 11.8 Å². The van der Waals surface area contributed by atoms with Crippen LogP contribution in [0, 0.1) is 0 Å². The van der Waals surface area contributed by atoms with Crippen LogP contribution in [0.1, 0.15) is 40.4 Å². The van der Waals surface area contributed by atoms with E-state index in [1.165, 1.54) is 5.56 Å². The molecule has 7 heteroatoms. The Morgan fingerprint density at radius 2 is 1.56 bits per heavy atom. The zero-order chi connectivity index (χ0) is 23.8. The van der Waals surface area contributed by atoms with E-state index in [0.717, 1.165) is 24.8 Å². The van der Waals surface area contributed by atoms with Crippen LogP contribution in [0.2, 0.25) is 0 Å². The van der Waals surface area contributed by atoms with E-state index < -0.39 is 11.9 Å². The van der Waals surface area contributed by atoms with Crippen molar-refractivity contribution in [2.24, 2.45) is 0 Å². The van der Waals surface area contributed by atoms with Crippen molar-refractivity contribution in [2.75, 3.05) is 13.2 Å². The van der Waals surface area contributed by atoms with Crippen LogP contribution in [0.5, 0.6) is 11.5 Å². The molecule has 4 rings (SSSR count). The lowest BCUT2D eigenvalue weighted by atomic mass is 9.88. The van der Waals surface area contributed by atoms with Gasteiger partial charge in [-0.15, -0.1) is 0 Å². The summed E-state index contributed by atoms with van der Waals surface area (Å²) in [5.74, 6) is -0.189. The van der Waals surface area contributed by atoms with E-state index in [1.807, 2.05) is 48.5 Å². The Labute approximate surface area is 198 Å². The molecule has 0 spiro atoms. The van der Waals surface area contributed by atoms with Gasteiger partial charge in [-0.05, 0) is 66.8 Å². The average Bonchev–Trinajstić information content (AvgIpc) is 2.87. The molecule has 0 aliphatic heterocycles. The predicted octanol–water partition coefficient (Wildman–Crippen LogP) is 3.95. The number of carbonyl (C=O) groups excluding carboxylic acids is 3. The van der Waals surface area contributed by atoms with Crippen LogP contribution in [0.4, 0.5) is 0 Å². The second-order valence-corrected chi connectivity index (χ2v) is 7.99. The second-order valence-electron chi connectivity index (χ2n) is 7.99. The zero-order valence-electron chi connectivity index (χ0n) is 18.7. The number of esters is 1. The Bertz CT molecular complexity index is 1150. The van der Waals surface area contributed by atoms with Crippen LogP contribution in [-0.4, -0.2) is 30.9 Å². The third-order valence-corrected chi connectivity index (χ3v) is 5.56. The smallest absolute Gasteiger partial charge is 0.325 e. The Kier molecular flexibility index (Phi) is 7.55. The third-order valence-electron chi connectivity index (χ3n) is 5.56. The monoisotopic (exact) mass is 458 g/mol. The largest absolute Gasteiger partial charge is 0.457 e. The SMILES string of the molecule is O=C(COC(=O)CNC(=O)c1ccc(Oc2ccccc2)cc1)N[C@@H]1CCCc2ccccc21. The summed E-state index contributed by atoms with van der Waals surface area (Å²) in [5, 5.41) is 5.43. The molecule has 2 N–H and O–H groups in total. The molecule has 1 aliphatic rings. The molecule has 174 valence electrons. The van der Waals surface area contributed by atoms with Gasteiger partial charge in [0, 0.05) is 5.56 Å². The molecule has 3 aromatic rings. The van der Waals surface area contributed by atoms with E-state index in [0.29, 0.717) is 17.1 Å². The first kappa shape index (κ1) is 23.0. The van der Waals surface area contributed by atoms with Gasteiger partial charge in [-0.2, -0.15) is 0 Å². The van der Waals surface area contributed by atoms with Crippen molar-refractivity contribution in [1.29, 1.82) is 0 Å². The molecule has 1 atom stereocenters. The summed E-state index contributed by atoms with van der Waals surface area (Å²) in [7, 11) is 0. The van der Waals surface area contributed by atoms with Gasteiger partial charge >= 0.3 is 5.97 Å². The molecule has 2 amide bonds. The summed E-state index contributed by atoms with van der Waals surface area (Å²) in [4.78, 5) is 36.6. The second kappa shape index (κ2) is 11.1. The van der Waals surface area contributed by atoms with Crippen molar-refractivity contribution < 1.29 is 23.9 Å². The molecule has 0 heterocycles. The molecule has 0 bridgehead atoms. The third kappa shape index (κ3) is 6.22. The summed E-state index contributed by atoms with van der Waals surface area (Å²) in [5.41, 5.74) is 2.72. The number of fused-ring (bicyclic) bond motifs is 1. The van der Waals surface area contributed by atoms with Gasteiger partial charge in [0.05, 0.1) is 6.04 Å². The molecular formula is C27H26N2O5. The lowest BCUT2D eigenvalue weighted by molar-refractivity contribution is -0.147. The fourth-order valence-corrected chi connectivity index (χ4v) is 3.89. The first-order chi connectivity index (χ1) is 16.6. The molecule has 0 unspecified atom stereocenters. The van der Waals surface area contributed by atoms with E-state index >= 15 is 0 Å². The normalized spacial score (nSPS) is 14.4. The minimum Gasteiger partial charge on any atom is -0.457 e. The molecule has 0 radical (unpaired) electrons. The maximum absolute atomic E-state index is 12.3. The number of carbonyl (C=O) groups is 3. The number of hydrogen-bond donors (Lipinski definition) is 2. The number of rotatable bonds is 8. The average molecular weight is 459 g/mol. The predicted molar refractivity (Wildman–Crippen MR) is 127 cm³/mol. The van der Waals surface area contributed by atoms with Crippen LogP contribution in [-0.2, 0) is 20.7 Å². The van der Waals surface area contributed by atoms with Crippen LogP contribution in [0.15, 0.2) is 78.9 Å². The van der Waals surface area contributed by atoms with Crippen LogP contribution in [0.25, 0.3) is 0 Å². The van der Waals surface area contributed by atoms with Crippen LogP contribution >= 0.6 is 0 Å². The fraction of sp³-hybridized carbons (Fsp3) is 0.222. The van der Waals surface area contributed by atoms with E-state index in [-0.39, 0.29) is 25.1 Å². The van der Waals surface area contributed by atoms with Gasteiger partial charge in [-0.1, -0.05) is 42.5 Å². The van der Waals surface area contributed by atoms with E-state index in [2.05, 4.69) is 16.7 Å². The number of ether oxygens (including phenoxy) is 2. The van der Waals surface area contributed by atoms with Crippen molar-refractivity contribution >= 4 is 17.8 Å². The highest BCUT2D eigenvalue weighted by Gasteiger charge is 2.21. The molecule has 3 aromatic carbocycles. The summed E-state index contributed by atoms with van der Waals surface area (Å²) < 4.78 is 10.7. The minimum atomic E-state index is -0.684. The molecule has 0 saturated heterocycles. The van der Waals surface area contributed by atoms with Crippen molar-refractivity contribution in [2.45, 2.75) is 25.3 Å². The first-order valence-corrected chi connectivity index (χ1v) is 11.2. The Morgan fingerprint density at radius 3 is 2.35 bits per heavy atom. The fourth-order valence-electron chi connectivity index (χ4n) is 3.89. The van der Waals surface area contributed by atoms with Gasteiger partial charge in [0.2, 0.25) is 0 Å². The van der Waals surface area contributed by atoms with E-state index in [4.69, 9.17) is 9.47 Å². The Hall–Kier alpha value is -4.13. The lowest BCUT2D eigenvalue weighted by Gasteiger charge is -2.26. The lowest BCUT2D eigenvalue weighted by Crippen LogP contribution is -2.36. The maximum Gasteiger partial charge on any atom is 0.325 e. The quantitative estimate of drug-likeness (QED) is 0.499. The minimum absolute atomic E-state index is 0.0790. The van der Waals surface area contributed by atoms with Gasteiger partial charge in [0.1, 0.15) is 18.0 Å². The number of amides is 2. The van der Waals surface area contributed by atoms with Gasteiger partial charge in [-0.25, -0.2) is 0 Å². The number of aryl methyl sites for hydroxylation is 1. The van der Waals surface area contributed by atoms with Gasteiger partial charge in [-0.3, -0.25) is 14.4 Å². The Morgan fingerprint density at radius 1 is 0.853 bits per heavy atom. The van der Waals surface area contributed by atoms with Gasteiger partial charge in [0.15, 0.2) is 6.61 Å². The van der Waals surface area contributed by atoms with Crippen molar-refractivity contribution in [3.05, 3.63) is 95.6 Å². The van der Waals surface area contributed by atoms with Gasteiger partial charge < -0.3 is 20.1 Å². The van der Waals surface area contributed by atoms with Crippen molar-refractivity contribution in [1.82, 2.24) is 10.6 Å². The first-order valence-electron chi connectivity index (χ1n) is 11.2. The summed E-state index contributed by atoms with van der Waals surface area (Å²) in [6.45, 7) is -0.723. The molecule has 0 aromatic heterocycles. The zero-order valence-corrected chi connectivity index (χ0v) is 18.7.